The van der Waals surface area contributed by atoms with Crippen molar-refractivity contribution in [3.8, 4) is 0 Å². The van der Waals surface area contributed by atoms with Gasteiger partial charge in [-0.15, -0.1) is 0 Å². The van der Waals surface area contributed by atoms with Gasteiger partial charge in [-0.3, -0.25) is 14.9 Å². The molecule has 0 aromatic carbocycles. The normalized spacial score (nSPS) is 14.9. The van der Waals surface area contributed by atoms with E-state index in [-0.39, 0.29) is 5.97 Å². The third-order valence-electron chi connectivity index (χ3n) is 2.27. The van der Waals surface area contributed by atoms with Crippen molar-refractivity contribution in [3.63, 3.8) is 0 Å². The first-order valence-corrected chi connectivity index (χ1v) is 6.37. The highest BCUT2D eigenvalue weighted by Crippen LogP contribution is 2.11. The van der Waals surface area contributed by atoms with E-state index < -0.39 is 17.7 Å². The van der Waals surface area contributed by atoms with Crippen LogP contribution in [0.1, 0.15) is 47.0 Å². The summed E-state index contributed by atoms with van der Waals surface area (Å²) in [6.07, 6.45) is 4.09. The minimum Gasteiger partial charge on any atom is -0.459 e. The van der Waals surface area contributed by atoms with Crippen LogP contribution in [0.2, 0.25) is 0 Å². The first-order valence-electron chi connectivity index (χ1n) is 6.37. The van der Waals surface area contributed by atoms with Crippen molar-refractivity contribution in [1.82, 2.24) is 5.32 Å². The number of hydrogen-bond donors (Lipinski definition) is 2. The molecule has 1 radical (unpaired) electrons. The highest BCUT2D eigenvalue weighted by atomic mass is 16.6. The van der Waals surface area contributed by atoms with Crippen LogP contribution in [0.5, 0.6) is 0 Å². The molecule has 0 aliphatic carbocycles. The summed E-state index contributed by atoms with van der Waals surface area (Å²) in [4.78, 5) is 22.5. The van der Waals surface area contributed by atoms with Gasteiger partial charge >= 0.3 is 5.97 Å². The van der Waals surface area contributed by atoms with Crippen molar-refractivity contribution < 1.29 is 14.3 Å². The lowest BCUT2D eigenvalue weighted by Gasteiger charge is -2.25. The van der Waals surface area contributed by atoms with Crippen LogP contribution in [0.4, 0.5) is 0 Å². The average Bonchev–Trinajstić information content (AvgIpc) is 2.25. The van der Waals surface area contributed by atoms with Crippen LogP contribution in [0.3, 0.4) is 0 Å². The summed E-state index contributed by atoms with van der Waals surface area (Å²) >= 11 is 0. The number of unbranched alkanes of at least 4 members (excludes halogenated alkanes) is 1. The Balaban J connectivity index is 4.43. The molecule has 0 saturated carbocycles. The molecule has 0 aromatic rings. The van der Waals surface area contributed by atoms with Crippen molar-refractivity contribution in [2.45, 2.75) is 64.6 Å². The third-order valence-corrected chi connectivity index (χ3v) is 2.27. The van der Waals surface area contributed by atoms with E-state index in [1.54, 1.807) is 6.92 Å². The monoisotopic (exact) mass is 257 g/mol. The molecule has 0 aliphatic heterocycles. The van der Waals surface area contributed by atoms with Crippen molar-refractivity contribution in [1.29, 1.82) is 0 Å². The summed E-state index contributed by atoms with van der Waals surface area (Å²) in [6, 6.07) is -0.965. The highest BCUT2D eigenvalue weighted by Gasteiger charge is 2.25. The fraction of sp³-hybridized carbons (Fsp3) is 0.846. The first-order chi connectivity index (χ1) is 8.30. The van der Waals surface area contributed by atoms with E-state index in [0.717, 1.165) is 12.8 Å². The number of hydrogen-bond acceptors (Lipinski definition) is 5. The predicted molar refractivity (Wildman–Crippen MR) is 70.8 cm³/mol. The molecule has 0 aromatic heterocycles. The zero-order chi connectivity index (χ0) is 14.2. The zero-order valence-corrected chi connectivity index (χ0v) is 11.8. The third kappa shape index (κ3) is 8.20. The lowest BCUT2D eigenvalue weighted by Crippen LogP contribution is -2.45. The molecule has 1 unspecified atom stereocenters. The number of esters is 1. The summed E-state index contributed by atoms with van der Waals surface area (Å²) < 4.78 is 5.31. The Labute approximate surface area is 109 Å². The zero-order valence-electron chi connectivity index (χ0n) is 11.8. The lowest BCUT2D eigenvalue weighted by atomic mass is 10.1. The molecule has 2 atom stereocenters. The van der Waals surface area contributed by atoms with Crippen LogP contribution in [0.15, 0.2) is 0 Å². The van der Waals surface area contributed by atoms with Crippen LogP contribution in [-0.4, -0.2) is 36.5 Å². The molecule has 0 rings (SSSR count). The van der Waals surface area contributed by atoms with E-state index >= 15 is 0 Å². The van der Waals surface area contributed by atoms with E-state index in [1.165, 1.54) is 0 Å². The summed E-state index contributed by atoms with van der Waals surface area (Å²) in [5.74, 6) is -0.332. The van der Waals surface area contributed by atoms with Gasteiger partial charge in [0.15, 0.2) is 0 Å². The van der Waals surface area contributed by atoms with Crippen LogP contribution in [0.25, 0.3) is 0 Å². The Hall–Kier alpha value is -0.940. The molecule has 0 bridgehead atoms. The van der Waals surface area contributed by atoms with Crippen LogP contribution < -0.4 is 11.1 Å². The van der Waals surface area contributed by atoms with Crippen molar-refractivity contribution >= 4 is 12.3 Å². The van der Waals surface area contributed by atoms with Gasteiger partial charge in [0.2, 0.25) is 6.29 Å². The number of ether oxygens (including phenoxy) is 1. The minimum absolute atomic E-state index is 0.332. The molecule has 5 nitrogen and oxygen atoms in total. The molecular weight excluding hydrogens is 232 g/mol. The van der Waals surface area contributed by atoms with Gasteiger partial charge in [-0.25, -0.2) is 0 Å². The Morgan fingerprint density at radius 3 is 2.44 bits per heavy atom. The van der Waals surface area contributed by atoms with Crippen molar-refractivity contribution in [3.05, 3.63) is 0 Å². The van der Waals surface area contributed by atoms with Crippen LogP contribution in [0, 0.1) is 0 Å². The maximum Gasteiger partial charge on any atom is 0.323 e. The highest BCUT2D eigenvalue weighted by molar-refractivity contribution is 5.77. The number of rotatable bonds is 8. The van der Waals surface area contributed by atoms with E-state index in [9.17, 15) is 9.59 Å². The number of nitrogens with two attached hydrogens (primary N) is 1. The molecule has 18 heavy (non-hydrogen) atoms. The van der Waals surface area contributed by atoms with Crippen LogP contribution >= 0.6 is 0 Å². The molecule has 0 fully saturated rings. The van der Waals surface area contributed by atoms with Gasteiger partial charge < -0.3 is 10.5 Å². The molecule has 3 N–H and O–H groups in total. The molecule has 0 aliphatic rings. The smallest absolute Gasteiger partial charge is 0.323 e. The van der Waals surface area contributed by atoms with E-state index in [2.05, 4.69) is 5.32 Å². The topological polar surface area (TPSA) is 81.4 Å². The quantitative estimate of drug-likeness (QED) is 0.499. The Bertz CT molecular complexity index is 261. The Morgan fingerprint density at radius 1 is 1.39 bits per heavy atom. The standard InChI is InChI=1S/C13H25N2O3/c1-10(9-16)15-11(7-5-6-8-14)12(17)18-13(2,3)4/h10-11,15H,5-8,14H2,1-4H3/t10?,11-/m0/s1. The summed E-state index contributed by atoms with van der Waals surface area (Å²) in [5, 5.41) is 2.91. The molecule has 5 heteroatoms. The van der Waals surface area contributed by atoms with Gasteiger partial charge in [-0.2, -0.15) is 0 Å². The molecule has 0 saturated heterocycles. The van der Waals surface area contributed by atoms with Gasteiger partial charge in [-0.1, -0.05) is 6.42 Å². The lowest BCUT2D eigenvalue weighted by molar-refractivity contribution is -0.157. The molecule has 105 valence electrons. The Kier molecular flexibility index (Phi) is 7.78. The molecule has 0 amide bonds. The first kappa shape index (κ1) is 17.1. The van der Waals surface area contributed by atoms with E-state index in [1.807, 2.05) is 27.1 Å². The number of carbonyl (C=O) groups excluding carboxylic acids is 2. The minimum atomic E-state index is -0.529. The van der Waals surface area contributed by atoms with E-state index in [0.29, 0.717) is 13.0 Å². The van der Waals surface area contributed by atoms with Crippen molar-refractivity contribution in [2.75, 3.05) is 6.54 Å². The number of nitrogens with one attached hydrogen (secondary N) is 1. The molecular formula is C13H25N2O3. The second-order valence-corrected chi connectivity index (χ2v) is 5.38. The van der Waals surface area contributed by atoms with E-state index in [4.69, 9.17) is 10.5 Å². The summed E-state index contributed by atoms with van der Waals surface area (Å²) in [6.45, 7) is 7.70. The molecule has 0 spiro atoms. The fourth-order valence-corrected chi connectivity index (χ4v) is 1.47. The predicted octanol–water partition coefficient (Wildman–Crippen LogP) is 0.914. The number of carbonyl (C=O) groups is 1. The second kappa shape index (κ2) is 8.21. The fourth-order valence-electron chi connectivity index (χ4n) is 1.47. The van der Waals surface area contributed by atoms with Gasteiger partial charge in [0.1, 0.15) is 11.6 Å². The summed E-state index contributed by atoms with van der Waals surface area (Å²) in [7, 11) is 0. The van der Waals surface area contributed by atoms with Gasteiger partial charge in [-0.05, 0) is 47.1 Å². The van der Waals surface area contributed by atoms with Gasteiger partial charge in [0, 0.05) is 0 Å². The van der Waals surface area contributed by atoms with Crippen LogP contribution in [-0.2, 0) is 14.3 Å². The largest absolute Gasteiger partial charge is 0.459 e. The second-order valence-electron chi connectivity index (χ2n) is 5.38. The van der Waals surface area contributed by atoms with Gasteiger partial charge in [0.25, 0.3) is 0 Å². The maximum atomic E-state index is 12.0. The molecule has 0 heterocycles. The average molecular weight is 257 g/mol. The van der Waals surface area contributed by atoms with Gasteiger partial charge in [0.05, 0.1) is 6.04 Å². The SMILES string of the molecule is CC([C]=O)N[C@@H](CCCCN)C(=O)OC(C)(C)C. The maximum absolute atomic E-state index is 12.0. The summed E-state index contributed by atoms with van der Waals surface area (Å²) in [5.41, 5.74) is 4.89. The van der Waals surface area contributed by atoms with Crippen molar-refractivity contribution in [2.24, 2.45) is 5.73 Å². The Morgan fingerprint density at radius 2 is 2.00 bits per heavy atom.